The Hall–Kier alpha value is -2.38. The molecule has 1 aromatic heterocycles. The minimum absolute atomic E-state index is 0.0740. The number of benzene rings is 1. The molecule has 0 atom stereocenters. The first-order valence-corrected chi connectivity index (χ1v) is 11.1. The van der Waals surface area contributed by atoms with Gasteiger partial charge in [-0.15, -0.1) is 11.3 Å². The van der Waals surface area contributed by atoms with Crippen molar-refractivity contribution in [1.29, 1.82) is 0 Å². The van der Waals surface area contributed by atoms with Gasteiger partial charge in [-0.05, 0) is 55.9 Å². The van der Waals surface area contributed by atoms with Crippen molar-refractivity contribution in [3.8, 4) is 0 Å². The second-order valence-electron chi connectivity index (χ2n) is 7.93. The zero-order valence-electron chi connectivity index (χ0n) is 16.9. The number of piperazine rings is 1. The number of anilines is 2. The molecule has 4 rings (SSSR count). The highest BCUT2D eigenvalue weighted by Gasteiger charge is 2.26. The van der Waals surface area contributed by atoms with E-state index in [2.05, 4.69) is 46.3 Å². The summed E-state index contributed by atoms with van der Waals surface area (Å²) in [5.41, 5.74) is 9.70. The summed E-state index contributed by atoms with van der Waals surface area (Å²) in [6.45, 7) is 5.92. The third-order valence-corrected chi connectivity index (χ3v) is 6.98. The number of carbonyl (C=O) groups excluding carboxylic acids is 2. The minimum atomic E-state index is -0.438. The quantitative estimate of drug-likeness (QED) is 0.792. The Bertz CT molecular complexity index is 916. The van der Waals surface area contributed by atoms with Crippen molar-refractivity contribution >= 4 is 33.8 Å². The molecule has 6 nitrogen and oxygen atoms in total. The van der Waals surface area contributed by atoms with E-state index >= 15 is 0 Å². The average Bonchev–Trinajstić information content (AvgIpc) is 3.06. The van der Waals surface area contributed by atoms with Crippen molar-refractivity contribution in [3.05, 3.63) is 45.8 Å². The lowest BCUT2D eigenvalue weighted by atomic mass is 9.95. The van der Waals surface area contributed by atoms with E-state index in [1.807, 2.05) is 0 Å². The summed E-state index contributed by atoms with van der Waals surface area (Å²) in [5, 5.41) is 3.60. The lowest BCUT2D eigenvalue weighted by molar-refractivity contribution is -0.117. The summed E-state index contributed by atoms with van der Waals surface area (Å²) >= 11 is 1.52. The predicted molar refractivity (Wildman–Crippen MR) is 118 cm³/mol. The van der Waals surface area contributed by atoms with Gasteiger partial charge in [0.15, 0.2) is 0 Å². The van der Waals surface area contributed by atoms with E-state index in [9.17, 15) is 9.59 Å². The molecule has 29 heavy (non-hydrogen) atoms. The Morgan fingerprint density at radius 1 is 1.14 bits per heavy atom. The number of amides is 2. The van der Waals surface area contributed by atoms with E-state index in [1.54, 1.807) is 0 Å². The molecule has 2 amide bonds. The molecular formula is C22H28N4O2S. The van der Waals surface area contributed by atoms with E-state index in [0.717, 1.165) is 57.4 Å². The lowest BCUT2D eigenvalue weighted by Crippen LogP contribution is -2.48. The van der Waals surface area contributed by atoms with E-state index in [4.69, 9.17) is 5.73 Å². The maximum atomic E-state index is 12.7. The molecule has 2 aliphatic rings. The van der Waals surface area contributed by atoms with Gasteiger partial charge in [0.25, 0.3) is 5.91 Å². The molecular weight excluding hydrogens is 384 g/mol. The molecule has 0 saturated carbocycles. The Balaban J connectivity index is 1.35. The smallest absolute Gasteiger partial charge is 0.251 e. The summed E-state index contributed by atoms with van der Waals surface area (Å²) in [6.07, 6.45) is 4.05. The van der Waals surface area contributed by atoms with E-state index in [0.29, 0.717) is 17.1 Å². The van der Waals surface area contributed by atoms with Crippen LogP contribution in [0.5, 0.6) is 0 Å². The van der Waals surface area contributed by atoms with Gasteiger partial charge in [-0.1, -0.05) is 12.1 Å². The molecule has 0 spiro atoms. The van der Waals surface area contributed by atoms with Crippen LogP contribution in [0.15, 0.2) is 24.3 Å². The van der Waals surface area contributed by atoms with E-state index < -0.39 is 5.91 Å². The van der Waals surface area contributed by atoms with Crippen LogP contribution in [-0.4, -0.2) is 49.4 Å². The maximum absolute atomic E-state index is 12.7. The largest absolute Gasteiger partial charge is 0.369 e. The van der Waals surface area contributed by atoms with Crippen LogP contribution in [0, 0.1) is 6.92 Å². The van der Waals surface area contributed by atoms with Crippen molar-refractivity contribution in [3.63, 3.8) is 0 Å². The monoisotopic (exact) mass is 412 g/mol. The number of carbonyl (C=O) groups is 2. The highest BCUT2D eigenvalue weighted by atomic mass is 32.1. The minimum Gasteiger partial charge on any atom is -0.369 e. The van der Waals surface area contributed by atoms with Crippen molar-refractivity contribution < 1.29 is 9.59 Å². The SMILES string of the molecule is Cc1cccc(N2CCN(CC(=O)Nc3sc4c(c3C(N)=O)CCCC4)CC2)c1. The summed E-state index contributed by atoms with van der Waals surface area (Å²) in [4.78, 5) is 30.4. The second kappa shape index (κ2) is 8.55. The average molecular weight is 413 g/mol. The number of thiophene rings is 1. The first-order chi connectivity index (χ1) is 14.0. The lowest BCUT2D eigenvalue weighted by Gasteiger charge is -2.35. The summed E-state index contributed by atoms with van der Waals surface area (Å²) in [7, 11) is 0. The van der Waals surface area contributed by atoms with Gasteiger partial charge in [-0.2, -0.15) is 0 Å². The molecule has 0 unspecified atom stereocenters. The molecule has 2 aromatic rings. The molecule has 1 aliphatic carbocycles. The zero-order chi connectivity index (χ0) is 20.4. The molecule has 7 heteroatoms. The molecule has 0 radical (unpaired) electrons. The molecule has 1 fully saturated rings. The fourth-order valence-electron chi connectivity index (χ4n) is 4.27. The number of nitrogens with zero attached hydrogens (tertiary/aromatic N) is 2. The van der Waals surface area contributed by atoms with Gasteiger partial charge in [-0.25, -0.2) is 0 Å². The van der Waals surface area contributed by atoms with Gasteiger partial charge < -0.3 is 16.0 Å². The Morgan fingerprint density at radius 2 is 1.90 bits per heavy atom. The van der Waals surface area contributed by atoms with Crippen LogP contribution < -0.4 is 16.0 Å². The highest BCUT2D eigenvalue weighted by molar-refractivity contribution is 7.17. The summed E-state index contributed by atoms with van der Waals surface area (Å²) < 4.78 is 0. The first kappa shape index (κ1) is 19.9. The number of nitrogens with one attached hydrogen (secondary N) is 1. The fraction of sp³-hybridized carbons (Fsp3) is 0.455. The molecule has 154 valence electrons. The van der Waals surface area contributed by atoms with Crippen molar-refractivity contribution in [2.24, 2.45) is 5.73 Å². The number of nitrogens with two attached hydrogens (primary N) is 1. The number of primary amides is 1. The summed E-state index contributed by atoms with van der Waals surface area (Å²) in [6, 6.07) is 8.53. The third kappa shape index (κ3) is 4.46. The van der Waals surface area contributed by atoms with Crippen LogP contribution in [0.4, 0.5) is 10.7 Å². The maximum Gasteiger partial charge on any atom is 0.251 e. The molecule has 2 heterocycles. The van der Waals surface area contributed by atoms with Crippen LogP contribution >= 0.6 is 11.3 Å². The number of hydrogen-bond acceptors (Lipinski definition) is 5. The Labute approximate surface area is 175 Å². The first-order valence-electron chi connectivity index (χ1n) is 10.3. The highest BCUT2D eigenvalue weighted by Crippen LogP contribution is 2.37. The Morgan fingerprint density at radius 3 is 2.62 bits per heavy atom. The van der Waals surface area contributed by atoms with Crippen LogP contribution in [0.3, 0.4) is 0 Å². The Kier molecular flexibility index (Phi) is 5.87. The number of rotatable bonds is 5. The molecule has 1 saturated heterocycles. The topological polar surface area (TPSA) is 78.7 Å². The van der Waals surface area contributed by atoms with Gasteiger partial charge in [0.1, 0.15) is 5.00 Å². The fourth-order valence-corrected chi connectivity index (χ4v) is 5.58. The second-order valence-corrected chi connectivity index (χ2v) is 9.03. The summed E-state index contributed by atoms with van der Waals surface area (Å²) in [5.74, 6) is -0.512. The van der Waals surface area contributed by atoms with Gasteiger partial charge in [0.2, 0.25) is 5.91 Å². The van der Waals surface area contributed by atoms with Crippen molar-refractivity contribution in [2.45, 2.75) is 32.6 Å². The van der Waals surface area contributed by atoms with Gasteiger partial charge >= 0.3 is 0 Å². The van der Waals surface area contributed by atoms with Crippen LogP contribution in [0.1, 0.15) is 39.2 Å². The van der Waals surface area contributed by atoms with E-state index in [-0.39, 0.29) is 5.91 Å². The third-order valence-electron chi connectivity index (χ3n) is 5.78. The number of hydrogen-bond donors (Lipinski definition) is 2. The number of fused-ring (bicyclic) bond motifs is 1. The standard InChI is InChI=1S/C22H28N4O2S/c1-15-5-4-6-16(13-15)26-11-9-25(10-12-26)14-19(27)24-22-20(21(23)28)17-7-2-3-8-18(17)29-22/h4-6,13H,2-3,7-12,14H2,1H3,(H2,23,28)(H,24,27). The van der Waals surface area contributed by atoms with Crippen LogP contribution in [0.25, 0.3) is 0 Å². The normalized spacial score (nSPS) is 17.1. The van der Waals surface area contributed by atoms with E-state index in [1.165, 1.54) is 27.5 Å². The zero-order valence-corrected chi connectivity index (χ0v) is 17.7. The van der Waals surface area contributed by atoms with Gasteiger partial charge in [-0.3, -0.25) is 14.5 Å². The molecule has 3 N–H and O–H groups in total. The predicted octanol–water partition coefficient (Wildman–Crippen LogP) is 2.79. The molecule has 1 aromatic carbocycles. The van der Waals surface area contributed by atoms with Crippen LogP contribution in [-0.2, 0) is 17.6 Å². The van der Waals surface area contributed by atoms with Crippen molar-refractivity contribution in [1.82, 2.24) is 4.90 Å². The molecule has 1 aliphatic heterocycles. The van der Waals surface area contributed by atoms with Crippen LogP contribution in [0.2, 0.25) is 0 Å². The van der Waals surface area contributed by atoms with Gasteiger partial charge in [0, 0.05) is 36.7 Å². The van der Waals surface area contributed by atoms with Crippen molar-refractivity contribution in [2.75, 3.05) is 42.9 Å². The van der Waals surface area contributed by atoms with Gasteiger partial charge in [0.05, 0.1) is 12.1 Å². The molecule has 0 bridgehead atoms. The number of aryl methyl sites for hydroxylation is 2.